The van der Waals surface area contributed by atoms with Gasteiger partial charge in [-0.3, -0.25) is 0 Å². The largest absolute Gasteiger partial charge is 0.324 e. The molecule has 0 aliphatic carbocycles. The maximum atomic E-state index is 6.36. The van der Waals surface area contributed by atoms with Crippen LogP contribution in [0.4, 0.5) is 0 Å². The highest BCUT2D eigenvalue weighted by molar-refractivity contribution is 5.25. The molecule has 1 saturated heterocycles. The molecule has 0 saturated carbocycles. The Morgan fingerprint density at radius 1 is 1.29 bits per heavy atom. The van der Waals surface area contributed by atoms with Gasteiger partial charge in [0.05, 0.1) is 0 Å². The van der Waals surface area contributed by atoms with Gasteiger partial charge in [-0.05, 0) is 44.3 Å². The summed E-state index contributed by atoms with van der Waals surface area (Å²) in [7, 11) is 0. The molecule has 1 heterocycles. The van der Waals surface area contributed by atoms with E-state index in [1.807, 2.05) is 0 Å². The minimum absolute atomic E-state index is 0.162. The van der Waals surface area contributed by atoms with Gasteiger partial charge < -0.3 is 10.6 Å². The summed E-state index contributed by atoms with van der Waals surface area (Å²) in [6.45, 7) is 8.04. The smallest absolute Gasteiger partial charge is 0.0333 e. The molecule has 1 aliphatic heterocycles. The molecule has 1 aromatic rings. The number of rotatable bonds is 4. The van der Waals surface area contributed by atoms with Gasteiger partial charge in [0, 0.05) is 12.6 Å². The Labute approximate surface area is 105 Å². The van der Waals surface area contributed by atoms with Crippen molar-refractivity contribution in [2.75, 3.05) is 19.6 Å². The third-order valence-corrected chi connectivity index (χ3v) is 3.78. The van der Waals surface area contributed by atoms with Crippen LogP contribution in [-0.4, -0.2) is 24.5 Å². The molecule has 2 atom stereocenters. The van der Waals surface area contributed by atoms with Crippen LogP contribution in [0.25, 0.3) is 0 Å². The van der Waals surface area contributed by atoms with Crippen molar-refractivity contribution in [2.45, 2.75) is 32.7 Å². The summed E-state index contributed by atoms with van der Waals surface area (Å²) < 4.78 is 0. The van der Waals surface area contributed by atoms with Crippen molar-refractivity contribution in [3.8, 4) is 0 Å². The van der Waals surface area contributed by atoms with E-state index < -0.39 is 0 Å². The van der Waals surface area contributed by atoms with E-state index in [1.165, 1.54) is 37.1 Å². The summed E-state index contributed by atoms with van der Waals surface area (Å²) in [5.74, 6) is 0.523. The quantitative estimate of drug-likeness (QED) is 0.865. The molecule has 1 aliphatic rings. The molecule has 0 amide bonds. The Morgan fingerprint density at radius 2 is 2.00 bits per heavy atom. The van der Waals surface area contributed by atoms with E-state index in [1.54, 1.807) is 0 Å². The van der Waals surface area contributed by atoms with E-state index in [0.29, 0.717) is 5.92 Å². The lowest BCUT2D eigenvalue weighted by molar-refractivity contribution is 0.266. The van der Waals surface area contributed by atoms with Crippen LogP contribution in [0, 0.1) is 12.8 Å². The second kappa shape index (κ2) is 5.65. The van der Waals surface area contributed by atoms with Crippen LogP contribution < -0.4 is 5.73 Å². The first-order valence-electron chi connectivity index (χ1n) is 6.71. The lowest BCUT2D eigenvalue weighted by Crippen LogP contribution is -2.31. The lowest BCUT2D eigenvalue weighted by atomic mass is 9.94. The third kappa shape index (κ3) is 3.30. The summed E-state index contributed by atoms with van der Waals surface area (Å²) in [6, 6.07) is 8.76. The SMILES string of the molecule is Cc1cccc([C@H](N)[C@@H](C)CN2CCCC2)c1. The fraction of sp³-hybridized carbons (Fsp3) is 0.600. The first-order valence-corrected chi connectivity index (χ1v) is 6.71. The molecule has 0 radical (unpaired) electrons. The molecule has 2 heteroatoms. The summed E-state index contributed by atoms with van der Waals surface area (Å²) in [5, 5.41) is 0. The van der Waals surface area contributed by atoms with Gasteiger partial charge in [-0.1, -0.05) is 36.8 Å². The highest BCUT2D eigenvalue weighted by atomic mass is 15.1. The second-order valence-corrected chi connectivity index (χ2v) is 5.42. The molecule has 2 rings (SSSR count). The van der Waals surface area contributed by atoms with Crippen LogP contribution in [0.2, 0.25) is 0 Å². The van der Waals surface area contributed by atoms with Gasteiger partial charge in [-0.15, -0.1) is 0 Å². The normalized spacial score (nSPS) is 20.4. The minimum atomic E-state index is 0.162. The van der Waals surface area contributed by atoms with Gasteiger partial charge in [0.1, 0.15) is 0 Å². The van der Waals surface area contributed by atoms with Crippen LogP contribution in [0.15, 0.2) is 24.3 Å². The van der Waals surface area contributed by atoms with Crippen LogP contribution in [-0.2, 0) is 0 Å². The Kier molecular flexibility index (Phi) is 4.19. The van der Waals surface area contributed by atoms with Crippen molar-refractivity contribution in [3.63, 3.8) is 0 Å². The van der Waals surface area contributed by atoms with Crippen molar-refractivity contribution < 1.29 is 0 Å². The van der Waals surface area contributed by atoms with Crippen LogP contribution in [0.3, 0.4) is 0 Å². The summed E-state index contributed by atoms with van der Waals surface area (Å²) in [5.41, 5.74) is 8.93. The number of likely N-dealkylation sites (tertiary alicyclic amines) is 1. The van der Waals surface area contributed by atoms with Gasteiger partial charge in [-0.25, -0.2) is 0 Å². The van der Waals surface area contributed by atoms with E-state index in [2.05, 4.69) is 43.0 Å². The van der Waals surface area contributed by atoms with E-state index in [9.17, 15) is 0 Å². The Morgan fingerprint density at radius 3 is 2.65 bits per heavy atom. The lowest BCUT2D eigenvalue weighted by Gasteiger charge is -2.25. The molecular weight excluding hydrogens is 208 g/mol. The molecule has 1 aromatic carbocycles. The zero-order valence-electron chi connectivity index (χ0n) is 11.0. The molecule has 0 unspecified atom stereocenters. The van der Waals surface area contributed by atoms with Gasteiger partial charge in [0.2, 0.25) is 0 Å². The first kappa shape index (κ1) is 12.6. The van der Waals surface area contributed by atoms with E-state index in [4.69, 9.17) is 5.73 Å². The van der Waals surface area contributed by atoms with Crippen molar-refractivity contribution in [1.29, 1.82) is 0 Å². The van der Waals surface area contributed by atoms with Gasteiger partial charge in [0.15, 0.2) is 0 Å². The van der Waals surface area contributed by atoms with Crippen molar-refractivity contribution >= 4 is 0 Å². The second-order valence-electron chi connectivity index (χ2n) is 5.42. The third-order valence-electron chi connectivity index (χ3n) is 3.78. The number of aryl methyl sites for hydroxylation is 1. The standard InChI is InChI=1S/C15H24N2/c1-12-6-5-7-14(10-12)15(16)13(2)11-17-8-3-4-9-17/h5-7,10,13,15H,3-4,8-9,11,16H2,1-2H3/t13-,15+/m0/s1. The number of nitrogens with zero attached hydrogens (tertiary/aromatic N) is 1. The van der Waals surface area contributed by atoms with Gasteiger partial charge in [-0.2, -0.15) is 0 Å². The summed E-state index contributed by atoms with van der Waals surface area (Å²) in [4.78, 5) is 2.54. The highest BCUT2D eigenvalue weighted by Gasteiger charge is 2.20. The van der Waals surface area contributed by atoms with Gasteiger partial charge >= 0.3 is 0 Å². The van der Waals surface area contributed by atoms with Crippen molar-refractivity contribution in [2.24, 2.45) is 11.7 Å². The maximum Gasteiger partial charge on any atom is 0.0333 e. The number of hydrogen-bond acceptors (Lipinski definition) is 2. The molecule has 0 aromatic heterocycles. The minimum Gasteiger partial charge on any atom is -0.324 e. The van der Waals surface area contributed by atoms with Crippen molar-refractivity contribution in [3.05, 3.63) is 35.4 Å². The van der Waals surface area contributed by atoms with E-state index in [-0.39, 0.29) is 6.04 Å². The highest BCUT2D eigenvalue weighted by Crippen LogP contribution is 2.22. The number of nitrogens with two attached hydrogens (primary N) is 1. The molecule has 2 N–H and O–H groups in total. The van der Waals surface area contributed by atoms with Gasteiger partial charge in [0.25, 0.3) is 0 Å². The van der Waals surface area contributed by atoms with E-state index >= 15 is 0 Å². The molecule has 17 heavy (non-hydrogen) atoms. The van der Waals surface area contributed by atoms with Crippen LogP contribution >= 0.6 is 0 Å². The average molecular weight is 232 g/mol. The fourth-order valence-electron chi connectivity index (χ4n) is 2.69. The Hall–Kier alpha value is -0.860. The first-order chi connectivity index (χ1) is 8.16. The Balaban J connectivity index is 1.96. The predicted octanol–water partition coefficient (Wildman–Crippen LogP) is 2.73. The fourth-order valence-corrected chi connectivity index (χ4v) is 2.69. The monoisotopic (exact) mass is 232 g/mol. The topological polar surface area (TPSA) is 29.3 Å². The zero-order chi connectivity index (χ0) is 12.3. The number of hydrogen-bond donors (Lipinski definition) is 1. The van der Waals surface area contributed by atoms with Crippen LogP contribution in [0.5, 0.6) is 0 Å². The average Bonchev–Trinajstić information content (AvgIpc) is 2.80. The predicted molar refractivity (Wildman–Crippen MR) is 72.9 cm³/mol. The number of benzene rings is 1. The molecule has 2 nitrogen and oxygen atoms in total. The summed E-state index contributed by atoms with van der Waals surface area (Å²) >= 11 is 0. The summed E-state index contributed by atoms with van der Waals surface area (Å²) in [6.07, 6.45) is 2.71. The van der Waals surface area contributed by atoms with Crippen LogP contribution in [0.1, 0.15) is 36.9 Å². The molecule has 1 fully saturated rings. The molecule has 94 valence electrons. The molecule has 0 bridgehead atoms. The molecular formula is C15H24N2. The maximum absolute atomic E-state index is 6.36. The Bertz CT molecular complexity index is 356. The molecule has 0 spiro atoms. The van der Waals surface area contributed by atoms with E-state index in [0.717, 1.165) is 6.54 Å². The zero-order valence-corrected chi connectivity index (χ0v) is 11.0. The van der Waals surface area contributed by atoms with Crippen molar-refractivity contribution in [1.82, 2.24) is 4.90 Å².